The van der Waals surface area contributed by atoms with Crippen molar-refractivity contribution in [3.63, 3.8) is 0 Å². The first-order chi connectivity index (χ1) is 12.0. The van der Waals surface area contributed by atoms with E-state index in [2.05, 4.69) is 23.1 Å². The molecule has 1 N–H and O–H groups in total. The summed E-state index contributed by atoms with van der Waals surface area (Å²) in [6, 6.07) is 2.28. The van der Waals surface area contributed by atoms with Gasteiger partial charge in [0.25, 0.3) is 5.91 Å². The standard InChI is InChI=1S/C19H24N4O2/c1-11-9-12(2)23(21-11)14-7-8-22(10-14)19(25)17-13(3)20-15-5-4-6-16(24)18(15)17/h9,14,20H,4-8,10H2,1-3H3. The quantitative estimate of drug-likeness (QED) is 0.914. The van der Waals surface area contributed by atoms with Crippen molar-refractivity contribution in [2.24, 2.45) is 0 Å². The normalized spacial score (nSPS) is 20.2. The van der Waals surface area contributed by atoms with Gasteiger partial charge in [-0.2, -0.15) is 5.10 Å². The molecule has 0 bridgehead atoms. The highest BCUT2D eigenvalue weighted by molar-refractivity contribution is 6.10. The van der Waals surface area contributed by atoms with Crippen molar-refractivity contribution in [2.75, 3.05) is 13.1 Å². The zero-order valence-corrected chi connectivity index (χ0v) is 15.1. The molecule has 132 valence electrons. The molecular formula is C19H24N4O2. The lowest BCUT2D eigenvalue weighted by atomic mass is 9.93. The fourth-order valence-electron chi connectivity index (χ4n) is 4.30. The van der Waals surface area contributed by atoms with Gasteiger partial charge in [-0.1, -0.05) is 0 Å². The highest BCUT2D eigenvalue weighted by Crippen LogP contribution is 2.30. The first kappa shape index (κ1) is 16.1. The summed E-state index contributed by atoms with van der Waals surface area (Å²) in [7, 11) is 0. The molecule has 1 atom stereocenters. The minimum absolute atomic E-state index is 0.0192. The van der Waals surface area contributed by atoms with E-state index in [4.69, 9.17) is 0 Å². The number of fused-ring (bicyclic) bond motifs is 1. The van der Waals surface area contributed by atoms with Crippen LogP contribution in [0.15, 0.2) is 6.07 Å². The summed E-state index contributed by atoms with van der Waals surface area (Å²) >= 11 is 0. The Labute approximate surface area is 147 Å². The van der Waals surface area contributed by atoms with Crippen LogP contribution in [-0.4, -0.2) is 44.4 Å². The number of likely N-dealkylation sites (tertiary alicyclic amines) is 1. The Morgan fingerprint density at radius 3 is 2.80 bits per heavy atom. The largest absolute Gasteiger partial charge is 0.361 e. The Morgan fingerprint density at radius 2 is 2.08 bits per heavy atom. The Balaban J connectivity index is 1.60. The summed E-state index contributed by atoms with van der Waals surface area (Å²) in [5, 5.41) is 4.57. The second-order valence-electron chi connectivity index (χ2n) is 7.32. The topological polar surface area (TPSA) is 71.0 Å². The van der Waals surface area contributed by atoms with Gasteiger partial charge in [0.1, 0.15) is 0 Å². The molecule has 2 aromatic heterocycles. The molecule has 6 heteroatoms. The van der Waals surface area contributed by atoms with Gasteiger partial charge in [-0.3, -0.25) is 14.3 Å². The summed E-state index contributed by atoms with van der Waals surface area (Å²) < 4.78 is 2.03. The predicted octanol–water partition coefficient (Wildman–Crippen LogP) is 2.74. The second kappa shape index (κ2) is 5.86. The number of carbonyl (C=O) groups is 2. The van der Waals surface area contributed by atoms with Gasteiger partial charge in [0.15, 0.2) is 5.78 Å². The van der Waals surface area contributed by atoms with Gasteiger partial charge in [0.05, 0.1) is 22.9 Å². The van der Waals surface area contributed by atoms with Crippen molar-refractivity contribution in [2.45, 2.75) is 52.5 Å². The van der Waals surface area contributed by atoms with E-state index in [0.717, 1.165) is 42.0 Å². The van der Waals surface area contributed by atoms with Crippen LogP contribution in [0, 0.1) is 20.8 Å². The minimum Gasteiger partial charge on any atom is -0.361 e. The van der Waals surface area contributed by atoms with Crippen molar-refractivity contribution in [3.8, 4) is 0 Å². The van der Waals surface area contributed by atoms with Crippen LogP contribution in [-0.2, 0) is 6.42 Å². The van der Waals surface area contributed by atoms with E-state index in [1.807, 2.05) is 23.4 Å². The van der Waals surface area contributed by atoms with E-state index in [1.165, 1.54) is 0 Å². The van der Waals surface area contributed by atoms with E-state index in [9.17, 15) is 9.59 Å². The van der Waals surface area contributed by atoms with Crippen LogP contribution in [0.2, 0.25) is 0 Å². The SMILES string of the molecule is Cc1cc(C)n(C2CCN(C(=O)c3c(C)[nH]c4c3C(=O)CCC4)C2)n1. The van der Waals surface area contributed by atoms with Gasteiger partial charge in [-0.15, -0.1) is 0 Å². The maximum Gasteiger partial charge on any atom is 0.256 e. The Kier molecular flexibility index (Phi) is 3.78. The maximum atomic E-state index is 13.1. The summed E-state index contributed by atoms with van der Waals surface area (Å²) in [4.78, 5) is 30.6. The highest BCUT2D eigenvalue weighted by Gasteiger charge is 2.34. The first-order valence-electron chi connectivity index (χ1n) is 9.02. The van der Waals surface area contributed by atoms with Crippen molar-refractivity contribution < 1.29 is 9.59 Å². The van der Waals surface area contributed by atoms with Crippen LogP contribution in [0.4, 0.5) is 0 Å². The number of rotatable bonds is 2. The molecular weight excluding hydrogens is 316 g/mol. The summed E-state index contributed by atoms with van der Waals surface area (Å²) in [6.07, 6.45) is 3.15. The number of aromatic nitrogens is 3. The lowest BCUT2D eigenvalue weighted by molar-refractivity contribution is 0.0779. The fraction of sp³-hybridized carbons (Fsp3) is 0.526. The fourth-order valence-corrected chi connectivity index (χ4v) is 4.30. The smallest absolute Gasteiger partial charge is 0.256 e. The molecule has 1 fully saturated rings. The van der Waals surface area contributed by atoms with E-state index in [1.54, 1.807) is 0 Å². The number of aromatic amines is 1. The van der Waals surface area contributed by atoms with Gasteiger partial charge in [0.2, 0.25) is 0 Å². The number of amides is 1. The zero-order valence-electron chi connectivity index (χ0n) is 15.1. The number of hydrogen-bond acceptors (Lipinski definition) is 3. The molecule has 0 aromatic carbocycles. The number of carbonyl (C=O) groups excluding carboxylic acids is 2. The van der Waals surface area contributed by atoms with Crippen molar-refractivity contribution in [3.05, 3.63) is 40.0 Å². The average molecular weight is 340 g/mol. The molecule has 2 aromatic rings. The summed E-state index contributed by atoms with van der Waals surface area (Å²) in [6.45, 7) is 7.29. The number of nitrogens with zero attached hydrogens (tertiary/aromatic N) is 3. The minimum atomic E-state index is -0.0192. The van der Waals surface area contributed by atoms with Crippen molar-refractivity contribution >= 4 is 11.7 Å². The molecule has 1 amide bonds. The zero-order chi connectivity index (χ0) is 17.7. The Morgan fingerprint density at radius 1 is 1.28 bits per heavy atom. The summed E-state index contributed by atoms with van der Waals surface area (Å²) in [5.74, 6) is 0.0810. The molecule has 0 radical (unpaired) electrons. The first-order valence-corrected chi connectivity index (χ1v) is 9.02. The molecule has 2 aliphatic rings. The lowest BCUT2D eigenvalue weighted by Crippen LogP contribution is -2.31. The Bertz CT molecular complexity index is 861. The monoisotopic (exact) mass is 340 g/mol. The third-order valence-corrected chi connectivity index (χ3v) is 5.43. The van der Waals surface area contributed by atoms with Crippen LogP contribution in [0.25, 0.3) is 0 Å². The van der Waals surface area contributed by atoms with Crippen LogP contribution in [0.3, 0.4) is 0 Å². The highest BCUT2D eigenvalue weighted by atomic mass is 16.2. The predicted molar refractivity (Wildman–Crippen MR) is 94.1 cm³/mol. The average Bonchev–Trinajstić information content (AvgIpc) is 3.24. The number of nitrogens with one attached hydrogen (secondary N) is 1. The number of aryl methyl sites for hydroxylation is 4. The van der Waals surface area contributed by atoms with Crippen LogP contribution < -0.4 is 0 Å². The van der Waals surface area contributed by atoms with Gasteiger partial charge < -0.3 is 9.88 Å². The number of H-pyrrole nitrogens is 1. The summed E-state index contributed by atoms with van der Waals surface area (Å²) in [5.41, 5.74) is 5.12. The molecule has 1 unspecified atom stereocenters. The van der Waals surface area contributed by atoms with Crippen molar-refractivity contribution in [1.29, 1.82) is 0 Å². The van der Waals surface area contributed by atoms with Gasteiger partial charge in [0, 0.05) is 36.6 Å². The third-order valence-electron chi connectivity index (χ3n) is 5.43. The lowest BCUT2D eigenvalue weighted by Gasteiger charge is -2.19. The number of Topliss-reactive ketones (excluding diaryl/α,β-unsaturated/α-hetero) is 1. The molecule has 0 saturated carbocycles. The van der Waals surface area contributed by atoms with Crippen LogP contribution >= 0.6 is 0 Å². The maximum absolute atomic E-state index is 13.1. The molecule has 3 heterocycles. The number of ketones is 1. The Hall–Kier alpha value is -2.37. The third kappa shape index (κ3) is 2.60. The molecule has 1 saturated heterocycles. The van der Waals surface area contributed by atoms with Crippen LogP contribution in [0.1, 0.15) is 68.8 Å². The van der Waals surface area contributed by atoms with E-state index in [0.29, 0.717) is 30.6 Å². The molecule has 25 heavy (non-hydrogen) atoms. The van der Waals surface area contributed by atoms with Crippen LogP contribution in [0.5, 0.6) is 0 Å². The van der Waals surface area contributed by atoms with E-state index < -0.39 is 0 Å². The van der Waals surface area contributed by atoms with Crippen molar-refractivity contribution in [1.82, 2.24) is 19.7 Å². The second-order valence-corrected chi connectivity index (χ2v) is 7.32. The van der Waals surface area contributed by atoms with Gasteiger partial charge >= 0.3 is 0 Å². The number of hydrogen-bond donors (Lipinski definition) is 1. The van der Waals surface area contributed by atoms with Gasteiger partial charge in [-0.05, 0) is 46.1 Å². The van der Waals surface area contributed by atoms with E-state index in [-0.39, 0.29) is 17.7 Å². The van der Waals surface area contributed by atoms with Gasteiger partial charge in [-0.25, -0.2) is 0 Å². The molecule has 6 nitrogen and oxygen atoms in total. The molecule has 1 aliphatic heterocycles. The van der Waals surface area contributed by atoms with E-state index >= 15 is 0 Å². The molecule has 1 aliphatic carbocycles. The molecule has 4 rings (SSSR count). The molecule has 0 spiro atoms.